The lowest BCUT2D eigenvalue weighted by molar-refractivity contribution is -0.00654. The lowest BCUT2D eigenvalue weighted by Gasteiger charge is -2.37. The number of nitrogens with zero attached hydrogens (tertiary/aromatic N) is 1. The van der Waals surface area contributed by atoms with E-state index in [1.54, 1.807) is 35.0 Å². The Morgan fingerprint density at radius 2 is 1.82 bits per heavy atom. The third-order valence-corrected chi connectivity index (χ3v) is 10.8. The smallest absolute Gasteiger partial charge is 0.155 e. The summed E-state index contributed by atoms with van der Waals surface area (Å²) in [6, 6.07) is 14.5. The Morgan fingerprint density at radius 3 is 2.51 bits per heavy atom. The van der Waals surface area contributed by atoms with Gasteiger partial charge in [-0.05, 0) is 87.8 Å². The van der Waals surface area contributed by atoms with E-state index in [1.807, 2.05) is 18.2 Å². The van der Waals surface area contributed by atoms with Crippen molar-refractivity contribution in [3.8, 4) is 11.5 Å². The summed E-state index contributed by atoms with van der Waals surface area (Å²) >= 11 is 0. The SMILES string of the molecule is COCCCN1CCOc2ccc(CO[C@H]3CC[C@H](CS(=O)(=O)C(C)(C)C)C[C@@H]3c3ccc(OC)cc3)cc21. The average Bonchev–Trinajstić information content (AvgIpc) is 2.92. The number of rotatable bonds is 11. The van der Waals surface area contributed by atoms with Gasteiger partial charge in [0.1, 0.15) is 18.1 Å². The molecule has 0 bridgehead atoms. The summed E-state index contributed by atoms with van der Waals surface area (Å²) in [5, 5.41) is 0. The van der Waals surface area contributed by atoms with Gasteiger partial charge >= 0.3 is 0 Å². The minimum absolute atomic E-state index is 0.0112. The fourth-order valence-corrected chi connectivity index (χ4v) is 7.01. The number of hydrogen-bond donors (Lipinski definition) is 0. The molecule has 3 atom stereocenters. The Balaban J connectivity index is 1.48. The highest BCUT2D eigenvalue weighted by atomic mass is 32.2. The zero-order valence-corrected chi connectivity index (χ0v) is 25.0. The van der Waals surface area contributed by atoms with Gasteiger partial charge in [-0.25, -0.2) is 8.42 Å². The minimum Gasteiger partial charge on any atom is -0.497 e. The molecule has 1 saturated carbocycles. The monoisotopic (exact) mass is 559 g/mol. The average molecular weight is 560 g/mol. The van der Waals surface area contributed by atoms with Gasteiger partial charge in [-0.3, -0.25) is 0 Å². The molecule has 0 spiro atoms. The van der Waals surface area contributed by atoms with E-state index < -0.39 is 14.6 Å². The fourth-order valence-electron chi connectivity index (χ4n) is 5.59. The molecule has 2 aromatic rings. The Morgan fingerprint density at radius 1 is 1.05 bits per heavy atom. The molecule has 0 aromatic heterocycles. The number of fused-ring (bicyclic) bond motifs is 1. The van der Waals surface area contributed by atoms with Crippen molar-refractivity contribution in [3.05, 3.63) is 53.6 Å². The van der Waals surface area contributed by atoms with E-state index in [-0.39, 0.29) is 23.7 Å². The van der Waals surface area contributed by atoms with Gasteiger partial charge in [-0.2, -0.15) is 0 Å². The highest BCUT2D eigenvalue weighted by molar-refractivity contribution is 7.92. The van der Waals surface area contributed by atoms with Crippen LogP contribution in [0.3, 0.4) is 0 Å². The number of anilines is 1. The van der Waals surface area contributed by atoms with Gasteiger partial charge < -0.3 is 23.8 Å². The zero-order chi connectivity index (χ0) is 28.0. The summed E-state index contributed by atoms with van der Waals surface area (Å²) < 4.78 is 48.4. The maximum Gasteiger partial charge on any atom is 0.155 e. The highest BCUT2D eigenvalue weighted by Gasteiger charge is 2.37. The maximum atomic E-state index is 13.0. The van der Waals surface area contributed by atoms with Gasteiger partial charge in [-0.1, -0.05) is 18.2 Å². The summed E-state index contributed by atoms with van der Waals surface area (Å²) in [6.07, 6.45) is 3.44. The van der Waals surface area contributed by atoms with Crippen LogP contribution < -0.4 is 14.4 Å². The van der Waals surface area contributed by atoms with Gasteiger partial charge in [0.05, 0.1) is 42.6 Å². The number of hydrogen-bond acceptors (Lipinski definition) is 7. The second kappa shape index (κ2) is 12.9. The van der Waals surface area contributed by atoms with Gasteiger partial charge in [0.25, 0.3) is 0 Å². The molecule has 1 heterocycles. The topological polar surface area (TPSA) is 74.3 Å². The molecule has 0 N–H and O–H groups in total. The molecule has 8 heteroatoms. The summed E-state index contributed by atoms with van der Waals surface area (Å²) in [4.78, 5) is 2.36. The first-order valence-electron chi connectivity index (χ1n) is 14.1. The quantitative estimate of drug-likeness (QED) is 0.331. The van der Waals surface area contributed by atoms with Crippen molar-refractivity contribution in [1.29, 1.82) is 0 Å². The van der Waals surface area contributed by atoms with Crippen molar-refractivity contribution in [2.24, 2.45) is 5.92 Å². The lowest BCUT2D eigenvalue weighted by atomic mass is 9.76. The molecule has 0 saturated heterocycles. The van der Waals surface area contributed by atoms with Crippen LogP contribution in [-0.2, 0) is 25.9 Å². The van der Waals surface area contributed by atoms with Crippen molar-refractivity contribution in [3.63, 3.8) is 0 Å². The summed E-state index contributed by atoms with van der Waals surface area (Å²) in [6.45, 7) is 9.09. The summed E-state index contributed by atoms with van der Waals surface area (Å²) in [7, 11) is 0.205. The van der Waals surface area contributed by atoms with Crippen LogP contribution in [0.25, 0.3) is 0 Å². The van der Waals surface area contributed by atoms with E-state index >= 15 is 0 Å². The second-order valence-corrected chi connectivity index (χ2v) is 14.6. The van der Waals surface area contributed by atoms with Crippen LogP contribution in [0.2, 0.25) is 0 Å². The van der Waals surface area contributed by atoms with E-state index in [4.69, 9.17) is 18.9 Å². The molecular weight excluding hydrogens is 514 g/mol. The van der Waals surface area contributed by atoms with Crippen molar-refractivity contribution in [1.82, 2.24) is 0 Å². The molecule has 216 valence electrons. The second-order valence-electron chi connectivity index (χ2n) is 11.8. The van der Waals surface area contributed by atoms with Gasteiger partial charge in [-0.15, -0.1) is 0 Å². The fraction of sp³-hybridized carbons (Fsp3) is 0.613. The third kappa shape index (κ3) is 7.47. The Kier molecular flexibility index (Phi) is 9.83. The van der Waals surface area contributed by atoms with Crippen molar-refractivity contribution in [2.75, 3.05) is 51.2 Å². The molecule has 1 fully saturated rings. The van der Waals surface area contributed by atoms with Crippen LogP contribution in [-0.4, -0.2) is 65.5 Å². The number of benzene rings is 2. The molecule has 2 aliphatic rings. The first-order valence-corrected chi connectivity index (χ1v) is 15.7. The molecule has 0 unspecified atom stereocenters. The van der Waals surface area contributed by atoms with Gasteiger partial charge in [0, 0.05) is 26.2 Å². The normalized spacial score (nSPS) is 21.8. The highest BCUT2D eigenvalue weighted by Crippen LogP contribution is 2.41. The minimum atomic E-state index is -3.19. The molecule has 2 aromatic carbocycles. The van der Waals surface area contributed by atoms with E-state index in [2.05, 4.69) is 29.2 Å². The van der Waals surface area contributed by atoms with Crippen LogP contribution >= 0.6 is 0 Å². The first-order chi connectivity index (χ1) is 18.6. The first kappa shape index (κ1) is 29.7. The standard InChI is InChI=1S/C31H45NO6S/c1-31(2,3)39(33,34)22-24-8-13-29(27(19-24)25-9-11-26(36-5)12-10-25)38-21-23-7-14-30-28(20-23)32(16-18-37-30)15-6-17-35-4/h7,9-12,14,20,24,27,29H,6,8,13,15-19,21-22H2,1-5H3/t24-,27+,29-/m0/s1. The molecule has 39 heavy (non-hydrogen) atoms. The Bertz CT molecular complexity index is 1170. The molecule has 1 aliphatic carbocycles. The molecular formula is C31H45NO6S. The largest absolute Gasteiger partial charge is 0.497 e. The van der Waals surface area contributed by atoms with E-state index in [0.717, 1.165) is 68.1 Å². The summed E-state index contributed by atoms with van der Waals surface area (Å²) in [5.74, 6) is 2.18. The van der Waals surface area contributed by atoms with Crippen LogP contribution in [0.4, 0.5) is 5.69 Å². The van der Waals surface area contributed by atoms with Gasteiger partial charge in [0.15, 0.2) is 9.84 Å². The number of sulfone groups is 1. The number of methoxy groups -OCH3 is 2. The van der Waals surface area contributed by atoms with Crippen LogP contribution in [0.5, 0.6) is 11.5 Å². The predicted octanol–water partition coefficient (Wildman–Crippen LogP) is 5.61. The van der Waals surface area contributed by atoms with E-state index in [0.29, 0.717) is 13.2 Å². The van der Waals surface area contributed by atoms with E-state index in [1.165, 1.54) is 5.56 Å². The van der Waals surface area contributed by atoms with Crippen molar-refractivity contribution in [2.45, 2.75) is 69.8 Å². The molecule has 0 amide bonds. The molecule has 4 rings (SSSR count). The Hall–Kier alpha value is -2.29. The van der Waals surface area contributed by atoms with Crippen LogP contribution in [0.1, 0.15) is 63.5 Å². The third-order valence-electron chi connectivity index (χ3n) is 8.05. The molecule has 1 aliphatic heterocycles. The summed E-state index contributed by atoms with van der Waals surface area (Å²) in [5.41, 5.74) is 3.39. The van der Waals surface area contributed by atoms with Gasteiger partial charge in [0.2, 0.25) is 0 Å². The zero-order valence-electron chi connectivity index (χ0n) is 24.1. The predicted molar refractivity (Wildman–Crippen MR) is 156 cm³/mol. The Labute approximate surface area is 234 Å². The van der Waals surface area contributed by atoms with Crippen LogP contribution in [0.15, 0.2) is 42.5 Å². The van der Waals surface area contributed by atoms with Crippen molar-refractivity contribution >= 4 is 15.5 Å². The molecule has 7 nitrogen and oxygen atoms in total. The van der Waals surface area contributed by atoms with Crippen LogP contribution in [0, 0.1) is 5.92 Å². The number of ether oxygens (including phenoxy) is 4. The molecule has 0 radical (unpaired) electrons. The lowest BCUT2D eigenvalue weighted by Crippen LogP contribution is -2.37. The maximum absolute atomic E-state index is 13.0. The van der Waals surface area contributed by atoms with Crippen molar-refractivity contribution < 1.29 is 27.4 Å². The van der Waals surface area contributed by atoms with E-state index in [9.17, 15) is 8.42 Å².